The number of hydrogen-bond acceptors (Lipinski definition) is 9. The second-order valence-corrected chi connectivity index (χ2v) is 6.48. The largest absolute Gasteiger partial charge is 0.497 e. The summed E-state index contributed by atoms with van der Waals surface area (Å²) in [7, 11) is 1.49. The SMILES string of the molecule is COc1ccc(NC(=O)c2ccccc2Nc2c([N+](=O)[O-])cc([N+](=O)[O-])cc2[N+](=O)[O-])cc1. The maximum Gasteiger partial charge on any atom is 0.306 e. The monoisotopic (exact) mass is 453 g/mol. The third-order valence-electron chi connectivity index (χ3n) is 4.46. The van der Waals surface area contributed by atoms with E-state index in [9.17, 15) is 35.1 Å². The lowest BCUT2D eigenvalue weighted by Crippen LogP contribution is -2.14. The summed E-state index contributed by atoms with van der Waals surface area (Å²) in [6.07, 6.45) is 0. The van der Waals surface area contributed by atoms with Gasteiger partial charge in [-0.25, -0.2) is 0 Å². The summed E-state index contributed by atoms with van der Waals surface area (Å²) < 4.78 is 5.05. The summed E-state index contributed by atoms with van der Waals surface area (Å²) in [5.74, 6) is -0.0247. The van der Waals surface area contributed by atoms with E-state index in [2.05, 4.69) is 10.6 Å². The van der Waals surface area contributed by atoms with Crippen LogP contribution in [0, 0.1) is 30.3 Å². The molecule has 3 aromatic rings. The van der Waals surface area contributed by atoms with Crippen molar-refractivity contribution < 1.29 is 24.3 Å². The van der Waals surface area contributed by atoms with Crippen molar-refractivity contribution >= 4 is 40.0 Å². The number of rotatable bonds is 8. The van der Waals surface area contributed by atoms with E-state index in [1.54, 1.807) is 24.3 Å². The Labute approximate surface area is 185 Å². The summed E-state index contributed by atoms with van der Waals surface area (Å²) >= 11 is 0. The summed E-state index contributed by atoms with van der Waals surface area (Å²) in [6.45, 7) is 0. The van der Waals surface area contributed by atoms with E-state index >= 15 is 0 Å². The molecule has 3 rings (SSSR count). The standard InChI is InChI=1S/C20H15N5O8/c1-33-14-8-6-12(7-9-14)21-20(26)15-4-2-3-5-16(15)22-19-17(24(29)30)10-13(23(27)28)11-18(19)25(31)32/h2-11,22H,1H3,(H,21,26). The number of carbonyl (C=O) groups excluding carboxylic acids is 1. The quantitative estimate of drug-likeness (QED) is 0.369. The van der Waals surface area contributed by atoms with Crippen molar-refractivity contribution in [2.75, 3.05) is 17.7 Å². The number of non-ortho nitro benzene ring substituents is 1. The van der Waals surface area contributed by atoms with Gasteiger partial charge in [-0.05, 0) is 36.4 Å². The number of nitrogens with one attached hydrogen (secondary N) is 2. The van der Waals surface area contributed by atoms with Gasteiger partial charge in [0.1, 0.15) is 5.75 Å². The Morgan fingerprint density at radius 1 is 0.848 bits per heavy atom. The Balaban J connectivity index is 2.02. The van der Waals surface area contributed by atoms with Crippen LogP contribution in [-0.4, -0.2) is 27.8 Å². The van der Waals surface area contributed by atoms with E-state index in [0.29, 0.717) is 23.6 Å². The molecule has 0 fully saturated rings. The third-order valence-corrected chi connectivity index (χ3v) is 4.46. The zero-order chi connectivity index (χ0) is 24.1. The van der Waals surface area contributed by atoms with Gasteiger partial charge in [-0.1, -0.05) is 12.1 Å². The Morgan fingerprint density at radius 3 is 1.94 bits per heavy atom. The van der Waals surface area contributed by atoms with Gasteiger partial charge in [-0.2, -0.15) is 0 Å². The molecule has 33 heavy (non-hydrogen) atoms. The predicted molar refractivity (Wildman–Crippen MR) is 117 cm³/mol. The molecular weight excluding hydrogens is 438 g/mol. The van der Waals surface area contributed by atoms with Gasteiger partial charge >= 0.3 is 11.4 Å². The highest BCUT2D eigenvalue weighted by Crippen LogP contribution is 2.40. The molecule has 0 bridgehead atoms. The van der Waals surface area contributed by atoms with Crippen molar-refractivity contribution in [3.8, 4) is 5.75 Å². The van der Waals surface area contributed by atoms with E-state index < -0.39 is 43.4 Å². The molecule has 2 N–H and O–H groups in total. The number of carbonyl (C=O) groups is 1. The molecule has 0 aliphatic rings. The van der Waals surface area contributed by atoms with Crippen LogP contribution in [0.2, 0.25) is 0 Å². The zero-order valence-corrected chi connectivity index (χ0v) is 16.9. The highest BCUT2D eigenvalue weighted by molar-refractivity contribution is 6.08. The fourth-order valence-corrected chi connectivity index (χ4v) is 2.92. The third kappa shape index (κ3) is 4.99. The lowest BCUT2D eigenvalue weighted by Gasteiger charge is -2.13. The first kappa shape index (κ1) is 22.6. The number of nitro groups is 3. The maximum absolute atomic E-state index is 12.8. The summed E-state index contributed by atoms with van der Waals surface area (Å²) in [4.78, 5) is 43.9. The van der Waals surface area contributed by atoms with Gasteiger partial charge in [0.2, 0.25) is 0 Å². The molecule has 13 heteroatoms. The number of para-hydroxylation sites is 1. The van der Waals surface area contributed by atoms with Crippen LogP contribution in [0.1, 0.15) is 10.4 Å². The number of hydrogen-bond donors (Lipinski definition) is 2. The topological polar surface area (TPSA) is 180 Å². The number of anilines is 3. The van der Waals surface area contributed by atoms with Crippen LogP contribution >= 0.6 is 0 Å². The lowest BCUT2D eigenvalue weighted by molar-refractivity contribution is -0.401. The maximum atomic E-state index is 12.8. The number of nitro benzene ring substituents is 3. The molecule has 3 aromatic carbocycles. The molecule has 0 aliphatic carbocycles. The summed E-state index contributed by atoms with van der Waals surface area (Å²) in [5, 5.41) is 39.2. The van der Waals surface area contributed by atoms with Crippen molar-refractivity contribution in [1.82, 2.24) is 0 Å². The molecule has 168 valence electrons. The van der Waals surface area contributed by atoms with Gasteiger partial charge in [-0.15, -0.1) is 0 Å². The van der Waals surface area contributed by atoms with E-state index in [4.69, 9.17) is 4.74 Å². The fraction of sp³-hybridized carbons (Fsp3) is 0.0500. The van der Waals surface area contributed by atoms with Crippen molar-refractivity contribution in [1.29, 1.82) is 0 Å². The van der Waals surface area contributed by atoms with Crippen LogP contribution in [0.25, 0.3) is 0 Å². The van der Waals surface area contributed by atoms with Crippen LogP contribution in [0.4, 0.5) is 34.1 Å². The Morgan fingerprint density at radius 2 is 1.42 bits per heavy atom. The van der Waals surface area contributed by atoms with Crippen LogP contribution in [-0.2, 0) is 0 Å². The molecule has 0 unspecified atom stereocenters. The summed E-state index contributed by atoms with van der Waals surface area (Å²) in [5.41, 5.74) is -2.71. The average molecular weight is 453 g/mol. The highest BCUT2D eigenvalue weighted by Gasteiger charge is 2.31. The molecule has 13 nitrogen and oxygen atoms in total. The van der Waals surface area contributed by atoms with Gasteiger partial charge in [-0.3, -0.25) is 35.1 Å². The number of nitrogens with zero attached hydrogens (tertiary/aromatic N) is 3. The summed E-state index contributed by atoms with van der Waals surface area (Å²) in [6, 6.07) is 13.5. The first-order valence-corrected chi connectivity index (χ1v) is 9.14. The minimum atomic E-state index is -0.984. The molecule has 0 heterocycles. The predicted octanol–water partition coefficient (Wildman–Crippen LogP) is 4.42. The molecule has 0 radical (unpaired) electrons. The first-order valence-electron chi connectivity index (χ1n) is 9.14. The van der Waals surface area contributed by atoms with Crippen LogP contribution in [0.3, 0.4) is 0 Å². The minimum absolute atomic E-state index is 0.0172. The second kappa shape index (κ2) is 9.38. The smallest absolute Gasteiger partial charge is 0.306 e. The van der Waals surface area contributed by atoms with Gasteiger partial charge in [0, 0.05) is 5.69 Å². The number of amides is 1. The Kier molecular flexibility index (Phi) is 6.43. The van der Waals surface area contributed by atoms with Crippen molar-refractivity contribution in [3.63, 3.8) is 0 Å². The molecule has 0 spiro atoms. The van der Waals surface area contributed by atoms with Gasteiger partial charge in [0.05, 0.1) is 45.3 Å². The molecule has 0 atom stereocenters. The molecule has 0 aromatic heterocycles. The average Bonchev–Trinajstić information content (AvgIpc) is 2.79. The zero-order valence-electron chi connectivity index (χ0n) is 16.9. The molecule has 0 saturated carbocycles. The van der Waals surface area contributed by atoms with Crippen molar-refractivity contribution in [2.45, 2.75) is 0 Å². The lowest BCUT2D eigenvalue weighted by atomic mass is 10.1. The second-order valence-electron chi connectivity index (χ2n) is 6.48. The molecule has 0 saturated heterocycles. The number of benzene rings is 3. The van der Waals surface area contributed by atoms with Gasteiger partial charge < -0.3 is 15.4 Å². The van der Waals surface area contributed by atoms with Crippen LogP contribution in [0.5, 0.6) is 5.75 Å². The fourth-order valence-electron chi connectivity index (χ4n) is 2.92. The van der Waals surface area contributed by atoms with Gasteiger partial charge in [0.25, 0.3) is 11.6 Å². The van der Waals surface area contributed by atoms with E-state index in [1.807, 2.05) is 0 Å². The number of methoxy groups -OCH3 is 1. The Bertz CT molecular complexity index is 1220. The van der Waals surface area contributed by atoms with E-state index in [1.165, 1.54) is 31.4 Å². The van der Waals surface area contributed by atoms with E-state index in [-0.39, 0.29) is 11.3 Å². The van der Waals surface area contributed by atoms with E-state index in [0.717, 1.165) is 0 Å². The Hall–Kier alpha value is -5.07. The normalized spacial score (nSPS) is 10.2. The van der Waals surface area contributed by atoms with Crippen LogP contribution in [0.15, 0.2) is 60.7 Å². The molecule has 0 aliphatic heterocycles. The molecular formula is C20H15N5O8. The van der Waals surface area contributed by atoms with Crippen molar-refractivity contribution in [2.24, 2.45) is 0 Å². The van der Waals surface area contributed by atoms with Crippen LogP contribution < -0.4 is 15.4 Å². The highest BCUT2D eigenvalue weighted by atomic mass is 16.6. The van der Waals surface area contributed by atoms with Crippen molar-refractivity contribution in [3.05, 3.63) is 96.6 Å². The molecule has 1 amide bonds. The van der Waals surface area contributed by atoms with Gasteiger partial charge in [0.15, 0.2) is 5.69 Å². The number of ether oxygens (including phenoxy) is 1. The minimum Gasteiger partial charge on any atom is -0.497 e. The first-order chi connectivity index (χ1) is 15.7.